The van der Waals surface area contributed by atoms with E-state index in [0.717, 1.165) is 37.5 Å². The Morgan fingerprint density at radius 3 is 2.14 bits per heavy atom. The molecule has 21 heavy (non-hydrogen) atoms. The van der Waals surface area contributed by atoms with E-state index in [4.69, 9.17) is 4.74 Å². The number of ether oxygens (including phenoxy) is 2. The van der Waals surface area contributed by atoms with Gasteiger partial charge in [-0.3, -0.25) is 0 Å². The smallest absolute Gasteiger partial charge is 0.367 e. The lowest BCUT2D eigenvalue weighted by Gasteiger charge is -2.59. The quantitative estimate of drug-likeness (QED) is 0.591. The number of hydrogen-bond acceptors (Lipinski definition) is 4. The predicted molar refractivity (Wildman–Crippen MR) is 72.7 cm³/mol. The van der Waals surface area contributed by atoms with E-state index in [0.29, 0.717) is 11.8 Å². The third kappa shape index (κ3) is 2.58. The number of carbonyl (C=O) groups excluding carboxylic acids is 2. The molecule has 0 aromatic rings. The summed E-state index contributed by atoms with van der Waals surface area (Å²) in [5, 5.41) is 0. The fourth-order valence-electron chi connectivity index (χ4n) is 4.76. The standard InChI is InChI=1S/C16H21FO4/c1-9(17)15(19)20-8-14(18)21-16(2)12-4-10-3-11(6-12)7-13(16)5-10/h10-13H,1,3-8H2,2H3. The van der Waals surface area contributed by atoms with Crippen LogP contribution in [0.15, 0.2) is 12.4 Å². The highest BCUT2D eigenvalue weighted by Gasteiger charge is 2.57. The first-order valence-corrected chi connectivity index (χ1v) is 7.62. The second-order valence-corrected chi connectivity index (χ2v) is 6.94. The minimum Gasteiger partial charge on any atom is -0.456 e. The molecule has 0 atom stereocenters. The monoisotopic (exact) mass is 296 g/mol. The molecule has 4 bridgehead atoms. The summed E-state index contributed by atoms with van der Waals surface area (Å²) in [7, 11) is 0. The van der Waals surface area contributed by atoms with Gasteiger partial charge >= 0.3 is 11.9 Å². The Hall–Kier alpha value is -1.39. The van der Waals surface area contributed by atoms with Crippen LogP contribution in [0.1, 0.15) is 39.0 Å². The van der Waals surface area contributed by atoms with Crippen LogP contribution < -0.4 is 0 Å². The van der Waals surface area contributed by atoms with E-state index in [-0.39, 0.29) is 0 Å². The molecule has 0 aliphatic heterocycles. The van der Waals surface area contributed by atoms with Gasteiger partial charge in [-0.2, -0.15) is 4.39 Å². The Morgan fingerprint density at radius 2 is 1.67 bits per heavy atom. The van der Waals surface area contributed by atoms with E-state index in [1.165, 1.54) is 6.42 Å². The Morgan fingerprint density at radius 1 is 1.14 bits per heavy atom. The molecule has 0 radical (unpaired) electrons. The summed E-state index contributed by atoms with van der Waals surface area (Å²) in [5.41, 5.74) is -0.455. The molecule has 4 aliphatic carbocycles. The maximum Gasteiger partial charge on any atom is 0.367 e. The van der Waals surface area contributed by atoms with Gasteiger partial charge in [0.15, 0.2) is 6.61 Å². The van der Waals surface area contributed by atoms with E-state index in [1.807, 2.05) is 6.92 Å². The molecule has 4 aliphatic rings. The summed E-state index contributed by atoms with van der Waals surface area (Å²) in [6.07, 6.45) is 5.82. The van der Waals surface area contributed by atoms with Crippen LogP contribution in [0.5, 0.6) is 0 Å². The normalized spacial score (nSPS) is 39.9. The molecule has 4 saturated carbocycles. The first kappa shape index (κ1) is 14.5. The van der Waals surface area contributed by atoms with Crippen molar-refractivity contribution in [1.29, 1.82) is 0 Å². The van der Waals surface area contributed by atoms with Gasteiger partial charge in [-0.15, -0.1) is 0 Å². The Balaban J connectivity index is 1.60. The van der Waals surface area contributed by atoms with Gasteiger partial charge in [-0.25, -0.2) is 9.59 Å². The molecule has 116 valence electrons. The third-order valence-corrected chi connectivity index (χ3v) is 5.64. The maximum absolute atomic E-state index is 12.5. The van der Waals surface area contributed by atoms with Crippen molar-refractivity contribution in [1.82, 2.24) is 0 Å². The van der Waals surface area contributed by atoms with Crippen molar-refractivity contribution in [3.63, 3.8) is 0 Å². The Kier molecular flexibility index (Phi) is 3.54. The summed E-state index contributed by atoms with van der Waals surface area (Å²) in [6, 6.07) is 0. The van der Waals surface area contributed by atoms with Crippen LogP contribution in [-0.2, 0) is 19.1 Å². The van der Waals surface area contributed by atoms with E-state index < -0.39 is 30.0 Å². The molecule has 0 amide bonds. The summed E-state index contributed by atoms with van der Waals surface area (Å²) in [6.45, 7) is 4.28. The predicted octanol–water partition coefficient (Wildman–Crippen LogP) is 2.77. The fraction of sp³-hybridized carbons (Fsp3) is 0.750. The molecule has 0 heterocycles. The third-order valence-electron chi connectivity index (χ3n) is 5.64. The molecule has 0 aromatic heterocycles. The highest BCUT2D eigenvalue weighted by atomic mass is 19.1. The van der Waals surface area contributed by atoms with Crippen molar-refractivity contribution in [3.8, 4) is 0 Å². The highest BCUT2D eigenvalue weighted by Crippen LogP contribution is 2.59. The zero-order chi connectivity index (χ0) is 15.2. The van der Waals surface area contributed by atoms with Crippen LogP contribution in [0.25, 0.3) is 0 Å². The molecule has 0 aromatic carbocycles. The second-order valence-electron chi connectivity index (χ2n) is 6.94. The van der Waals surface area contributed by atoms with Gasteiger partial charge < -0.3 is 9.47 Å². The molecule has 0 saturated heterocycles. The topological polar surface area (TPSA) is 52.6 Å². The minimum atomic E-state index is -1.21. The SMILES string of the molecule is C=C(F)C(=O)OCC(=O)OC1(C)C2CC3CC(C2)CC1C3. The Bertz CT molecular complexity index is 457. The van der Waals surface area contributed by atoms with Crippen LogP contribution in [0, 0.1) is 23.7 Å². The van der Waals surface area contributed by atoms with Gasteiger partial charge in [0.2, 0.25) is 5.83 Å². The minimum absolute atomic E-state index is 0.407. The molecule has 0 unspecified atom stereocenters. The second kappa shape index (κ2) is 5.11. The Labute approximate surface area is 123 Å². The van der Waals surface area contributed by atoms with Crippen LogP contribution >= 0.6 is 0 Å². The van der Waals surface area contributed by atoms with E-state index >= 15 is 0 Å². The van der Waals surface area contributed by atoms with Gasteiger partial charge in [-0.05, 0) is 62.7 Å². The molecule has 4 nitrogen and oxygen atoms in total. The molecular weight excluding hydrogens is 275 g/mol. The first-order chi connectivity index (χ1) is 9.88. The largest absolute Gasteiger partial charge is 0.456 e. The van der Waals surface area contributed by atoms with Crippen LogP contribution in [0.3, 0.4) is 0 Å². The summed E-state index contributed by atoms with van der Waals surface area (Å²) < 4.78 is 22.7. The number of halogens is 1. The number of rotatable bonds is 4. The number of esters is 2. The summed E-state index contributed by atoms with van der Waals surface area (Å²) in [5.74, 6) is -0.626. The van der Waals surface area contributed by atoms with Crippen LogP contribution in [-0.4, -0.2) is 24.1 Å². The van der Waals surface area contributed by atoms with Crippen molar-refractivity contribution in [2.75, 3.05) is 6.61 Å². The highest BCUT2D eigenvalue weighted by molar-refractivity contribution is 5.87. The van der Waals surface area contributed by atoms with Gasteiger partial charge in [0, 0.05) is 0 Å². The van der Waals surface area contributed by atoms with Gasteiger partial charge in [0.05, 0.1) is 0 Å². The summed E-state index contributed by atoms with van der Waals surface area (Å²) in [4.78, 5) is 22.9. The van der Waals surface area contributed by atoms with Crippen LogP contribution in [0.4, 0.5) is 4.39 Å². The van der Waals surface area contributed by atoms with E-state index in [1.54, 1.807) is 0 Å². The summed E-state index contributed by atoms with van der Waals surface area (Å²) >= 11 is 0. The van der Waals surface area contributed by atoms with Gasteiger partial charge in [-0.1, -0.05) is 6.58 Å². The van der Waals surface area contributed by atoms with E-state index in [9.17, 15) is 14.0 Å². The number of hydrogen-bond donors (Lipinski definition) is 0. The molecule has 0 spiro atoms. The van der Waals surface area contributed by atoms with Crippen molar-refractivity contribution in [2.45, 2.75) is 44.6 Å². The molecule has 5 heteroatoms. The number of carbonyl (C=O) groups is 2. The lowest BCUT2D eigenvalue weighted by atomic mass is 9.50. The van der Waals surface area contributed by atoms with Gasteiger partial charge in [0.25, 0.3) is 0 Å². The van der Waals surface area contributed by atoms with Crippen molar-refractivity contribution in [2.24, 2.45) is 23.7 Å². The molecule has 4 rings (SSSR count). The average Bonchev–Trinajstić information content (AvgIpc) is 2.41. The average molecular weight is 296 g/mol. The lowest BCUT2D eigenvalue weighted by molar-refractivity contribution is -0.207. The zero-order valence-electron chi connectivity index (χ0n) is 12.3. The molecule has 0 N–H and O–H groups in total. The van der Waals surface area contributed by atoms with E-state index in [2.05, 4.69) is 11.3 Å². The first-order valence-electron chi connectivity index (χ1n) is 7.62. The van der Waals surface area contributed by atoms with Crippen molar-refractivity contribution in [3.05, 3.63) is 12.4 Å². The van der Waals surface area contributed by atoms with Crippen molar-refractivity contribution < 1.29 is 23.5 Å². The zero-order valence-corrected chi connectivity index (χ0v) is 12.3. The van der Waals surface area contributed by atoms with Crippen molar-refractivity contribution >= 4 is 11.9 Å². The van der Waals surface area contributed by atoms with Gasteiger partial charge in [0.1, 0.15) is 5.60 Å². The lowest BCUT2D eigenvalue weighted by Crippen LogP contribution is -2.58. The molecule has 4 fully saturated rings. The molecular formula is C16H21FO4. The maximum atomic E-state index is 12.5. The van der Waals surface area contributed by atoms with Crippen LogP contribution in [0.2, 0.25) is 0 Å². The fourth-order valence-corrected chi connectivity index (χ4v) is 4.76.